The number of nitrogens with zero attached hydrogens (tertiary/aromatic N) is 1. The van der Waals surface area contributed by atoms with Crippen LogP contribution in [0, 0.1) is 0 Å². The van der Waals surface area contributed by atoms with Gasteiger partial charge in [-0.2, -0.15) is 0 Å². The topological polar surface area (TPSA) is 133 Å². The summed E-state index contributed by atoms with van der Waals surface area (Å²) in [4.78, 5) is 13.4. The van der Waals surface area contributed by atoms with Crippen LogP contribution >= 0.6 is 0 Å². The summed E-state index contributed by atoms with van der Waals surface area (Å²) >= 11 is 0. The van der Waals surface area contributed by atoms with Crippen LogP contribution in [-0.2, 0) is 22.2 Å². The number of hydrogen-bond acceptors (Lipinski definition) is 7. The lowest BCUT2D eigenvalue weighted by Crippen LogP contribution is -2.42. The van der Waals surface area contributed by atoms with Crippen LogP contribution in [0.3, 0.4) is 0 Å². The van der Waals surface area contributed by atoms with E-state index >= 15 is 0 Å². The number of alkyl halides is 2. The van der Waals surface area contributed by atoms with E-state index in [4.69, 9.17) is 5.11 Å². The minimum absolute atomic E-state index is 0.0215. The Morgan fingerprint density at radius 3 is 2.36 bits per heavy atom. The number of aliphatic hydroxyl groups excluding tert-OH is 4. The van der Waals surface area contributed by atoms with Gasteiger partial charge in [-0.25, -0.2) is 0 Å². The number of rotatable bonds is 8. The summed E-state index contributed by atoms with van der Waals surface area (Å²) in [5.74, 6) is -0.444. The number of carbonyl (C=O) groups excluding carboxylic acids is 1. The van der Waals surface area contributed by atoms with Crippen molar-refractivity contribution >= 4 is 22.5 Å². The number of ether oxygens (including phenoxy) is 2. The van der Waals surface area contributed by atoms with Crippen molar-refractivity contribution in [2.45, 2.75) is 75.6 Å². The Bertz CT molecular complexity index is 1410. The molecule has 39 heavy (non-hydrogen) atoms. The maximum Gasteiger partial charge on any atom is 0.586 e. The molecule has 0 unspecified atom stereocenters. The lowest BCUT2D eigenvalue weighted by Gasteiger charge is -2.27. The molecule has 3 aromatic rings. The summed E-state index contributed by atoms with van der Waals surface area (Å²) in [6, 6.07) is 11.7. The van der Waals surface area contributed by atoms with Crippen LogP contribution in [-0.4, -0.2) is 62.1 Å². The van der Waals surface area contributed by atoms with Crippen molar-refractivity contribution in [3.05, 3.63) is 53.7 Å². The Labute approximate surface area is 223 Å². The third-order valence-electron chi connectivity index (χ3n) is 7.41. The highest BCUT2D eigenvalue weighted by Crippen LogP contribution is 2.52. The van der Waals surface area contributed by atoms with Gasteiger partial charge in [-0.3, -0.25) is 4.79 Å². The zero-order valence-corrected chi connectivity index (χ0v) is 21.8. The first-order valence-corrected chi connectivity index (χ1v) is 12.7. The molecule has 1 fully saturated rings. The number of fused-ring (bicyclic) bond motifs is 2. The Morgan fingerprint density at radius 2 is 1.72 bits per heavy atom. The SMILES string of the molecule is CC(C)(C)c1cc2cc(NC(=O)C3(c4ccc5c(c4)OC(F)(F)O5)CC3)ccc2n1C[C@@H](O)[C@H](O)[C@@H](O)CO. The van der Waals surface area contributed by atoms with Gasteiger partial charge in [0.05, 0.1) is 18.6 Å². The monoisotopic (exact) mass is 546 g/mol. The maximum absolute atomic E-state index is 13.4. The summed E-state index contributed by atoms with van der Waals surface area (Å²) in [6.07, 6.45) is -6.96. The summed E-state index contributed by atoms with van der Waals surface area (Å²) in [5, 5.41) is 43.3. The van der Waals surface area contributed by atoms with Gasteiger partial charge in [-0.1, -0.05) is 26.8 Å². The lowest BCUT2D eigenvalue weighted by molar-refractivity contribution is -0.286. The van der Waals surface area contributed by atoms with Gasteiger partial charge in [0.2, 0.25) is 5.91 Å². The number of hydrogen-bond donors (Lipinski definition) is 5. The molecule has 1 aliphatic carbocycles. The van der Waals surface area contributed by atoms with E-state index in [2.05, 4.69) is 14.8 Å². The molecule has 1 amide bonds. The number of carbonyl (C=O) groups is 1. The molecule has 1 aromatic heterocycles. The van der Waals surface area contributed by atoms with Crippen molar-refractivity contribution in [3.63, 3.8) is 0 Å². The minimum atomic E-state index is -3.73. The van der Waals surface area contributed by atoms with Gasteiger partial charge in [0.25, 0.3) is 0 Å². The fourth-order valence-electron chi connectivity index (χ4n) is 5.10. The number of nitrogens with one attached hydrogen (secondary N) is 1. The van der Waals surface area contributed by atoms with E-state index in [1.807, 2.05) is 31.4 Å². The molecule has 1 saturated carbocycles. The van der Waals surface area contributed by atoms with E-state index in [-0.39, 0.29) is 29.4 Å². The third-order valence-corrected chi connectivity index (χ3v) is 7.41. The second-order valence-corrected chi connectivity index (χ2v) is 11.3. The molecule has 11 heteroatoms. The first kappa shape index (κ1) is 27.3. The average molecular weight is 547 g/mol. The fraction of sp³-hybridized carbons (Fsp3) is 0.464. The van der Waals surface area contributed by atoms with Gasteiger partial charge in [-0.05, 0) is 54.8 Å². The Kier molecular flexibility index (Phi) is 6.61. The van der Waals surface area contributed by atoms with Gasteiger partial charge < -0.3 is 39.8 Å². The molecule has 210 valence electrons. The van der Waals surface area contributed by atoms with Crippen LogP contribution in [0.5, 0.6) is 11.5 Å². The number of aromatic nitrogens is 1. The molecular formula is C28H32F2N2O7. The molecular weight excluding hydrogens is 514 g/mol. The molecule has 0 spiro atoms. The number of anilines is 1. The van der Waals surface area contributed by atoms with Gasteiger partial charge >= 0.3 is 6.29 Å². The number of aliphatic hydroxyl groups is 4. The van der Waals surface area contributed by atoms with E-state index in [1.165, 1.54) is 12.1 Å². The van der Waals surface area contributed by atoms with Gasteiger partial charge in [0.1, 0.15) is 18.3 Å². The van der Waals surface area contributed by atoms with Crippen LogP contribution in [0.25, 0.3) is 10.9 Å². The second-order valence-electron chi connectivity index (χ2n) is 11.3. The van der Waals surface area contributed by atoms with Crippen molar-refractivity contribution < 1.29 is 43.5 Å². The van der Waals surface area contributed by atoms with E-state index in [1.54, 1.807) is 24.3 Å². The summed E-state index contributed by atoms with van der Waals surface area (Å²) in [5.41, 5.74) is 1.53. The number of benzene rings is 2. The Hall–Kier alpha value is -3.25. The second kappa shape index (κ2) is 9.44. The zero-order chi connectivity index (χ0) is 28.3. The average Bonchev–Trinajstić information content (AvgIpc) is 3.51. The maximum atomic E-state index is 13.4. The fourth-order valence-corrected chi connectivity index (χ4v) is 5.10. The third kappa shape index (κ3) is 5.07. The molecule has 2 heterocycles. The van der Waals surface area contributed by atoms with Crippen molar-refractivity contribution in [2.75, 3.05) is 11.9 Å². The molecule has 2 aliphatic rings. The Morgan fingerprint density at radius 1 is 1.03 bits per heavy atom. The highest BCUT2D eigenvalue weighted by atomic mass is 19.3. The van der Waals surface area contributed by atoms with Crippen molar-refractivity contribution in [3.8, 4) is 11.5 Å². The van der Waals surface area contributed by atoms with E-state index in [9.17, 15) is 28.9 Å². The van der Waals surface area contributed by atoms with Gasteiger partial charge in [-0.15, -0.1) is 8.78 Å². The largest absolute Gasteiger partial charge is 0.586 e. The minimum Gasteiger partial charge on any atom is -0.395 e. The molecule has 5 rings (SSSR count). The van der Waals surface area contributed by atoms with Crippen LogP contribution in [0.1, 0.15) is 44.9 Å². The first-order chi connectivity index (χ1) is 18.2. The summed E-state index contributed by atoms with van der Waals surface area (Å²) < 4.78 is 37.8. The van der Waals surface area contributed by atoms with Crippen LogP contribution < -0.4 is 14.8 Å². The number of halogens is 2. The molecule has 3 atom stereocenters. The predicted octanol–water partition coefficient (Wildman–Crippen LogP) is 3.01. The van der Waals surface area contributed by atoms with Crippen LogP contribution in [0.2, 0.25) is 0 Å². The molecule has 0 saturated heterocycles. The molecule has 5 N–H and O–H groups in total. The normalized spacial score (nSPS) is 19.5. The summed E-state index contributed by atoms with van der Waals surface area (Å²) in [7, 11) is 0. The Balaban J connectivity index is 1.40. The highest BCUT2D eigenvalue weighted by molar-refractivity contribution is 6.02. The van der Waals surface area contributed by atoms with E-state index < -0.39 is 36.6 Å². The van der Waals surface area contributed by atoms with Crippen molar-refractivity contribution in [1.29, 1.82) is 0 Å². The van der Waals surface area contributed by atoms with Crippen LogP contribution in [0.15, 0.2) is 42.5 Å². The quantitative estimate of drug-likeness (QED) is 0.293. The molecule has 0 radical (unpaired) electrons. The van der Waals surface area contributed by atoms with Crippen LogP contribution in [0.4, 0.5) is 14.5 Å². The standard InChI is InChI=1S/C28H32F2N2O7/c1-26(2,3)23-11-15-10-17(5-6-18(15)32(23)13-19(34)24(36)20(35)14-33)31-25(37)27(8-9-27)16-4-7-21-22(12-16)39-28(29,30)38-21/h4-7,10-12,19-20,24,33-36H,8-9,13-14H2,1-3H3,(H,31,37)/t19-,20+,24+/m1/s1. The van der Waals surface area contributed by atoms with E-state index in [0.717, 1.165) is 16.6 Å². The van der Waals surface area contributed by atoms with Gasteiger partial charge in [0.15, 0.2) is 11.5 Å². The van der Waals surface area contributed by atoms with Crippen molar-refractivity contribution in [2.24, 2.45) is 0 Å². The van der Waals surface area contributed by atoms with E-state index in [0.29, 0.717) is 24.1 Å². The predicted molar refractivity (Wildman–Crippen MR) is 138 cm³/mol. The number of amides is 1. The molecule has 1 aliphatic heterocycles. The lowest BCUT2D eigenvalue weighted by atomic mass is 9.92. The van der Waals surface area contributed by atoms with Crippen molar-refractivity contribution in [1.82, 2.24) is 4.57 Å². The molecule has 0 bridgehead atoms. The van der Waals surface area contributed by atoms with Gasteiger partial charge in [0, 0.05) is 27.7 Å². The zero-order valence-electron chi connectivity index (χ0n) is 21.8. The molecule has 2 aromatic carbocycles. The smallest absolute Gasteiger partial charge is 0.395 e. The summed E-state index contributed by atoms with van der Waals surface area (Å²) in [6.45, 7) is 5.31. The highest BCUT2D eigenvalue weighted by Gasteiger charge is 2.52. The molecule has 9 nitrogen and oxygen atoms in total. The first-order valence-electron chi connectivity index (χ1n) is 12.7.